The van der Waals surface area contributed by atoms with Crippen LogP contribution in [0.25, 0.3) is 20.4 Å². The molecule has 4 aromatic rings. The summed E-state index contributed by atoms with van der Waals surface area (Å²) in [6.07, 6.45) is 4.43. The van der Waals surface area contributed by atoms with Gasteiger partial charge in [0, 0.05) is 17.8 Å². The monoisotopic (exact) mass is 496 g/mol. The Bertz CT molecular complexity index is 1410. The number of hydrogen-bond acceptors (Lipinski definition) is 8. The predicted molar refractivity (Wildman–Crippen MR) is 134 cm³/mol. The molecule has 8 nitrogen and oxygen atoms in total. The number of likely N-dealkylation sites (N-methyl/N-ethyl adjacent to an activating group) is 1. The third-order valence-corrected chi connectivity index (χ3v) is 8.17. The number of nitrogens with zero attached hydrogens (tertiary/aromatic N) is 3. The summed E-state index contributed by atoms with van der Waals surface area (Å²) in [7, 11) is 0. The van der Waals surface area contributed by atoms with Gasteiger partial charge in [-0.3, -0.25) is 19.3 Å². The minimum atomic E-state index is -0.512. The molecule has 1 aromatic carbocycles. The van der Waals surface area contributed by atoms with Crippen LogP contribution in [0.5, 0.6) is 0 Å². The highest BCUT2D eigenvalue weighted by Gasteiger charge is 2.21. The molecule has 0 bridgehead atoms. The zero-order valence-electron chi connectivity index (χ0n) is 18.8. The number of ether oxygens (including phenoxy) is 1. The summed E-state index contributed by atoms with van der Waals surface area (Å²) in [5, 5.41) is 1.28. The maximum absolute atomic E-state index is 12.7. The minimum absolute atomic E-state index is 0.0279. The maximum Gasteiger partial charge on any atom is 0.306 e. The lowest BCUT2D eigenvalue weighted by atomic mass is 9.97. The van der Waals surface area contributed by atoms with Crippen LogP contribution in [-0.4, -0.2) is 40.0 Å². The van der Waals surface area contributed by atoms with E-state index in [-0.39, 0.29) is 30.9 Å². The van der Waals surface area contributed by atoms with Crippen LogP contribution in [0.3, 0.4) is 0 Å². The first kappa shape index (κ1) is 22.7. The van der Waals surface area contributed by atoms with Gasteiger partial charge in [-0.05, 0) is 50.3 Å². The fraction of sp³-hybridized carbons (Fsp3) is 0.375. The lowest BCUT2D eigenvalue weighted by Crippen LogP contribution is -2.34. The molecule has 1 aliphatic rings. The average molecular weight is 497 g/mol. The summed E-state index contributed by atoms with van der Waals surface area (Å²) in [6, 6.07) is 7.68. The van der Waals surface area contributed by atoms with Crippen LogP contribution in [0.2, 0.25) is 0 Å². The number of carbonyl (C=O) groups excluding carboxylic acids is 2. The van der Waals surface area contributed by atoms with E-state index in [1.807, 2.05) is 31.2 Å². The van der Waals surface area contributed by atoms with Gasteiger partial charge in [-0.25, -0.2) is 9.97 Å². The second-order valence-corrected chi connectivity index (χ2v) is 10.3. The maximum atomic E-state index is 12.7. The number of esters is 1. The first-order valence-electron chi connectivity index (χ1n) is 11.4. The van der Waals surface area contributed by atoms with Gasteiger partial charge in [-0.2, -0.15) is 0 Å². The minimum Gasteiger partial charge on any atom is -0.456 e. The molecular formula is C24H24N4O4S2. The lowest BCUT2D eigenvalue weighted by molar-refractivity contribution is -0.147. The number of hydrogen-bond donors (Lipinski definition) is 1. The number of H-pyrrole nitrogens is 1. The van der Waals surface area contributed by atoms with Crippen LogP contribution in [0, 0.1) is 0 Å². The Balaban J connectivity index is 1.19. The van der Waals surface area contributed by atoms with Gasteiger partial charge in [0.05, 0.1) is 22.0 Å². The van der Waals surface area contributed by atoms with Crippen molar-refractivity contribution in [3.63, 3.8) is 0 Å². The van der Waals surface area contributed by atoms with Crippen molar-refractivity contribution in [2.45, 2.75) is 45.4 Å². The van der Waals surface area contributed by atoms with Crippen molar-refractivity contribution in [3.05, 3.63) is 50.9 Å². The Morgan fingerprint density at radius 1 is 1.15 bits per heavy atom. The van der Waals surface area contributed by atoms with Crippen molar-refractivity contribution in [3.8, 4) is 0 Å². The summed E-state index contributed by atoms with van der Waals surface area (Å²) in [6.45, 7) is 1.92. The molecule has 34 heavy (non-hydrogen) atoms. The molecule has 0 atom stereocenters. The van der Waals surface area contributed by atoms with E-state index in [4.69, 9.17) is 4.74 Å². The molecule has 0 unspecified atom stereocenters. The number of amides is 1. The second-order valence-electron chi connectivity index (χ2n) is 8.17. The molecule has 5 rings (SSSR count). The van der Waals surface area contributed by atoms with E-state index in [0.29, 0.717) is 22.9 Å². The number of benzene rings is 1. The number of aryl methyl sites for hydroxylation is 3. The summed E-state index contributed by atoms with van der Waals surface area (Å²) >= 11 is 3.00. The van der Waals surface area contributed by atoms with E-state index in [0.717, 1.165) is 46.3 Å². The molecule has 0 fully saturated rings. The van der Waals surface area contributed by atoms with Gasteiger partial charge in [-0.15, -0.1) is 11.3 Å². The van der Waals surface area contributed by atoms with Crippen LogP contribution < -0.4 is 10.5 Å². The molecule has 1 N–H and O–H groups in total. The standard InChI is InChI=1S/C24H24N4O4S2/c1-2-28(24-25-15-8-4-6-10-17(15)34-24)19(29)13-32-20(30)12-11-18-26-22(31)21-14-7-3-5-9-16(14)33-23(21)27-18/h4,6,8,10H,2-3,5,7,9,11-13H2,1H3,(H,26,27,31). The molecule has 1 aliphatic carbocycles. The number of aromatic nitrogens is 3. The largest absolute Gasteiger partial charge is 0.456 e. The van der Waals surface area contributed by atoms with Crippen LogP contribution >= 0.6 is 22.7 Å². The fourth-order valence-corrected chi connectivity index (χ4v) is 6.56. The molecular weight excluding hydrogens is 472 g/mol. The van der Waals surface area contributed by atoms with Gasteiger partial charge >= 0.3 is 5.97 Å². The molecule has 0 saturated carbocycles. The number of nitrogens with one attached hydrogen (secondary N) is 1. The van der Waals surface area contributed by atoms with Gasteiger partial charge in [-0.1, -0.05) is 23.5 Å². The van der Waals surface area contributed by atoms with Crippen LogP contribution in [0.4, 0.5) is 5.13 Å². The smallest absolute Gasteiger partial charge is 0.306 e. The molecule has 0 spiro atoms. The lowest BCUT2D eigenvalue weighted by Gasteiger charge is -2.17. The van der Waals surface area contributed by atoms with Gasteiger partial charge in [0.2, 0.25) is 0 Å². The molecule has 1 amide bonds. The molecule has 3 heterocycles. The average Bonchev–Trinajstić information content (AvgIpc) is 3.43. The first-order valence-corrected chi connectivity index (χ1v) is 13.0. The summed E-state index contributed by atoms with van der Waals surface area (Å²) in [5.74, 6) is -0.377. The fourth-order valence-electron chi connectivity index (χ4n) is 4.23. The van der Waals surface area contributed by atoms with Gasteiger partial charge in [0.15, 0.2) is 11.7 Å². The third-order valence-electron chi connectivity index (χ3n) is 5.93. The molecule has 176 valence electrons. The predicted octanol–water partition coefficient (Wildman–Crippen LogP) is 4.00. The Kier molecular flexibility index (Phi) is 6.42. The highest BCUT2D eigenvalue weighted by molar-refractivity contribution is 7.22. The third kappa shape index (κ3) is 4.47. The Morgan fingerprint density at radius 3 is 2.79 bits per heavy atom. The van der Waals surface area contributed by atoms with Gasteiger partial charge in [0.25, 0.3) is 11.5 Å². The Morgan fingerprint density at radius 2 is 1.97 bits per heavy atom. The highest BCUT2D eigenvalue weighted by atomic mass is 32.1. The van der Waals surface area contributed by atoms with Crippen LogP contribution in [0.15, 0.2) is 29.1 Å². The summed E-state index contributed by atoms with van der Waals surface area (Å²) in [4.78, 5) is 53.0. The van der Waals surface area contributed by atoms with E-state index in [2.05, 4.69) is 15.0 Å². The van der Waals surface area contributed by atoms with E-state index in [9.17, 15) is 14.4 Å². The highest BCUT2D eigenvalue weighted by Crippen LogP contribution is 2.33. The zero-order valence-corrected chi connectivity index (χ0v) is 20.4. The van der Waals surface area contributed by atoms with Crippen LogP contribution in [0.1, 0.15) is 42.5 Å². The SMILES string of the molecule is CCN(C(=O)COC(=O)CCc1nc2sc3c(c2c(=O)[nH]1)CCCC3)c1nc2ccccc2s1. The number of aromatic amines is 1. The zero-order chi connectivity index (χ0) is 23.7. The van der Waals surface area contributed by atoms with Crippen molar-refractivity contribution >= 4 is 60.1 Å². The summed E-state index contributed by atoms with van der Waals surface area (Å²) < 4.78 is 6.21. The number of para-hydroxylation sites is 1. The number of thiophene rings is 1. The molecule has 10 heteroatoms. The van der Waals surface area contributed by atoms with Crippen molar-refractivity contribution in [2.24, 2.45) is 0 Å². The van der Waals surface area contributed by atoms with E-state index in [1.165, 1.54) is 21.1 Å². The van der Waals surface area contributed by atoms with Crippen molar-refractivity contribution in [1.82, 2.24) is 15.0 Å². The van der Waals surface area contributed by atoms with Crippen LogP contribution in [-0.2, 0) is 33.6 Å². The summed E-state index contributed by atoms with van der Waals surface area (Å²) in [5.41, 5.74) is 1.83. The van der Waals surface area contributed by atoms with Gasteiger partial charge in [0.1, 0.15) is 10.7 Å². The molecule has 0 radical (unpaired) electrons. The molecule has 3 aromatic heterocycles. The van der Waals surface area contributed by atoms with Crippen molar-refractivity contribution < 1.29 is 14.3 Å². The number of thiazole rings is 1. The van der Waals surface area contributed by atoms with Crippen molar-refractivity contribution in [1.29, 1.82) is 0 Å². The number of carbonyl (C=O) groups is 2. The topological polar surface area (TPSA) is 105 Å². The normalized spacial score (nSPS) is 13.2. The van der Waals surface area contributed by atoms with Gasteiger partial charge < -0.3 is 9.72 Å². The molecule has 0 aliphatic heterocycles. The molecule has 0 saturated heterocycles. The first-order chi connectivity index (χ1) is 16.5. The Hall–Kier alpha value is -3.11. The number of rotatable bonds is 7. The quantitative estimate of drug-likeness (QED) is 0.388. The van der Waals surface area contributed by atoms with E-state index in [1.54, 1.807) is 11.3 Å². The Labute approximate surface area is 203 Å². The number of anilines is 1. The second kappa shape index (κ2) is 9.63. The van der Waals surface area contributed by atoms with E-state index < -0.39 is 5.97 Å². The van der Waals surface area contributed by atoms with Crippen molar-refractivity contribution in [2.75, 3.05) is 18.1 Å². The van der Waals surface area contributed by atoms with E-state index >= 15 is 0 Å². The number of fused-ring (bicyclic) bond motifs is 4.